The molecule has 0 atom stereocenters. The van der Waals surface area contributed by atoms with Crippen molar-refractivity contribution in [1.29, 1.82) is 0 Å². The van der Waals surface area contributed by atoms with Gasteiger partial charge >= 0.3 is 5.97 Å². The Kier molecular flexibility index (Phi) is 5.62. The molecule has 0 bridgehead atoms. The van der Waals surface area contributed by atoms with Crippen LogP contribution in [0.1, 0.15) is 28.6 Å². The summed E-state index contributed by atoms with van der Waals surface area (Å²) in [6.07, 6.45) is 2.52. The number of hydrogen-bond acceptors (Lipinski definition) is 7. The molecule has 0 saturated carbocycles. The Morgan fingerprint density at radius 3 is 2.62 bits per heavy atom. The number of carbonyl (C=O) groups excluding carboxylic acids is 1. The second-order valence-electron chi connectivity index (χ2n) is 6.96. The van der Waals surface area contributed by atoms with E-state index in [0.717, 1.165) is 59.9 Å². The smallest absolute Gasteiger partial charge is 0.348 e. The van der Waals surface area contributed by atoms with Gasteiger partial charge in [0, 0.05) is 31.9 Å². The molecule has 0 amide bonds. The van der Waals surface area contributed by atoms with Crippen LogP contribution >= 0.6 is 11.3 Å². The fraction of sp³-hybridized carbons (Fsp3) is 0.381. The molecule has 4 rings (SSSR count). The SMILES string of the molecule is CCOC(=O)c1sc2ncnc(N3CCCN(c4ccc(F)cc4)CC3)c2c1C. The van der Waals surface area contributed by atoms with Gasteiger partial charge in [-0.2, -0.15) is 0 Å². The van der Waals surface area contributed by atoms with Gasteiger partial charge in [-0.15, -0.1) is 11.3 Å². The number of anilines is 2. The number of thiophene rings is 1. The number of carbonyl (C=O) groups is 1. The van der Waals surface area contributed by atoms with E-state index in [1.165, 1.54) is 23.5 Å². The van der Waals surface area contributed by atoms with Gasteiger partial charge in [0.1, 0.15) is 27.7 Å². The minimum Gasteiger partial charge on any atom is -0.462 e. The molecule has 0 spiro atoms. The molecule has 1 saturated heterocycles. The lowest BCUT2D eigenvalue weighted by molar-refractivity contribution is 0.0531. The lowest BCUT2D eigenvalue weighted by Crippen LogP contribution is -2.31. The van der Waals surface area contributed by atoms with Crippen LogP contribution in [0.2, 0.25) is 0 Å². The van der Waals surface area contributed by atoms with Crippen LogP contribution in [0.25, 0.3) is 10.2 Å². The summed E-state index contributed by atoms with van der Waals surface area (Å²) in [6, 6.07) is 6.64. The minimum atomic E-state index is -0.308. The number of aryl methyl sites for hydroxylation is 1. The van der Waals surface area contributed by atoms with Gasteiger partial charge in [0.05, 0.1) is 12.0 Å². The lowest BCUT2D eigenvalue weighted by Gasteiger charge is -2.24. The Morgan fingerprint density at radius 1 is 1.14 bits per heavy atom. The molecular formula is C21H23FN4O2S. The van der Waals surface area contributed by atoms with E-state index < -0.39 is 0 Å². The first-order chi connectivity index (χ1) is 14.1. The van der Waals surface area contributed by atoms with E-state index in [1.807, 2.05) is 19.1 Å². The monoisotopic (exact) mass is 414 g/mol. The van der Waals surface area contributed by atoms with Crippen molar-refractivity contribution >= 4 is 39.0 Å². The highest BCUT2D eigenvalue weighted by molar-refractivity contribution is 7.20. The zero-order chi connectivity index (χ0) is 20.4. The molecule has 29 heavy (non-hydrogen) atoms. The van der Waals surface area contributed by atoms with Crippen LogP contribution in [0.15, 0.2) is 30.6 Å². The number of halogens is 1. The van der Waals surface area contributed by atoms with Crippen molar-refractivity contribution in [2.45, 2.75) is 20.3 Å². The molecule has 3 heterocycles. The highest BCUT2D eigenvalue weighted by atomic mass is 32.1. The summed E-state index contributed by atoms with van der Waals surface area (Å²) >= 11 is 1.36. The molecule has 6 nitrogen and oxygen atoms in total. The topological polar surface area (TPSA) is 58.6 Å². The van der Waals surface area contributed by atoms with Crippen LogP contribution in [0, 0.1) is 12.7 Å². The van der Waals surface area contributed by atoms with Crippen molar-refractivity contribution in [2.75, 3.05) is 42.6 Å². The van der Waals surface area contributed by atoms with Crippen molar-refractivity contribution in [1.82, 2.24) is 9.97 Å². The standard InChI is InChI=1S/C21H23FN4O2S/c1-3-28-21(27)18-14(2)17-19(23-13-24-20(17)29-18)26-10-4-9-25(11-12-26)16-7-5-15(22)6-8-16/h5-8,13H,3-4,9-12H2,1-2H3. The summed E-state index contributed by atoms with van der Waals surface area (Å²) in [5.74, 6) is 0.330. The predicted molar refractivity (Wildman–Crippen MR) is 114 cm³/mol. The fourth-order valence-corrected chi connectivity index (χ4v) is 4.76. The quantitative estimate of drug-likeness (QED) is 0.601. The normalized spacial score (nSPS) is 14.9. The third kappa shape index (κ3) is 3.89. The van der Waals surface area contributed by atoms with Crippen LogP contribution in [-0.2, 0) is 4.74 Å². The maximum Gasteiger partial charge on any atom is 0.348 e. The Bertz CT molecular complexity index is 1020. The van der Waals surface area contributed by atoms with Crippen LogP contribution < -0.4 is 9.80 Å². The van der Waals surface area contributed by atoms with Gasteiger partial charge in [0.2, 0.25) is 0 Å². The van der Waals surface area contributed by atoms with E-state index in [1.54, 1.807) is 13.3 Å². The summed E-state index contributed by atoms with van der Waals surface area (Å²) in [6.45, 7) is 7.42. The molecule has 8 heteroatoms. The number of hydrogen-bond donors (Lipinski definition) is 0. The fourth-order valence-electron chi connectivity index (χ4n) is 3.72. The van der Waals surface area contributed by atoms with Gasteiger partial charge in [-0.05, 0) is 50.1 Å². The molecule has 1 fully saturated rings. The van der Waals surface area contributed by atoms with Crippen LogP contribution in [-0.4, -0.2) is 48.7 Å². The average molecular weight is 415 g/mol. The van der Waals surface area contributed by atoms with Gasteiger partial charge in [0.15, 0.2) is 0 Å². The zero-order valence-electron chi connectivity index (χ0n) is 16.5. The van der Waals surface area contributed by atoms with E-state index in [-0.39, 0.29) is 11.8 Å². The van der Waals surface area contributed by atoms with E-state index in [0.29, 0.717) is 11.5 Å². The van der Waals surface area contributed by atoms with E-state index in [4.69, 9.17) is 4.74 Å². The molecule has 1 aliphatic rings. The number of rotatable bonds is 4. The van der Waals surface area contributed by atoms with E-state index in [9.17, 15) is 9.18 Å². The first kappa shape index (κ1) is 19.6. The Morgan fingerprint density at radius 2 is 1.86 bits per heavy atom. The van der Waals surface area contributed by atoms with Gasteiger partial charge in [0.25, 0.3) is 0 Å². The molecule has 152 valence electrons. The summed E-state index contributed by atoms with van der Waals surface area (Å²) in [4.78, 5) is 27.1. The van der Waals surface area contributed by atoms with E-state index >= 15 is 0 Å². The summed E-state index contributed by atoms with van der Waals surface area (Å²) in [5, 5.41) is 0.927. The van der Waals surface area contributed by atoms with Crippen molar-refractivity contribution in [3.63, 3.8) is 0 Å². The largest absolute Gasteiger partial charge is 0.462 e. The maximum absolute atomic E-state index is 13.2. The molecule has 1 aliphatic heterocycles. The van der Waals surface area contributed by atoms with Crippen molar-refractivity contribution in [3.8, 4) is 0 Å². The molecule has 0 unspecified atom stereocenters. The van der Waals surface area contributed by atoms with Gasteiger partial charge in [-0.1, -0.05) is 0 Å². The Hall–Kier alpha value is -2.74. The predicted octanol–water partition coefficient (Wildman–Crippen LogP) is 4.03. The maximum atomic E-state index is 13.2. The molecular weight excluding hydrogens is 391 g/mol. The number of nitrogens with zero attached hydrogens (tertiary/aromatic N) is 4. The Balaban J connectivity index is 1.61. The minimum absolute atomic E-state index is 0.223. The average Bonchev–Trinajstić information content (AvgIpc) is 2.90. The highest BCUT2D eigenvalue weighted by Gasteiger charge is 2.24. The second-order valence-corrected chi connectivity index (χ2v) is 7.96. The molecule has 1 aromatic carbocycles. The molecule has 2 aromatic heterocycles. The number of esters is 1. The molecule has 0 aliphatic carbocycles. The first-order valence-electron chi connectivity index (χ1n) is 9.75. The number of aromatic nitrogens is 2. The molecule has 0 radical (unpaired) electrons. The number of ether oxygens (including phenoxy) is 1. The van der Waals surface area contributed by atoms with Crippen LogP contribution in [0.4, 0.5) is 15.9 Å². The molecule has 0 N–H and O–H groups in total. The lowest BCUT2D eigenvalue weighted by atomic mass is 10.2. The summed E-state index contributed by atoms with van der Waals surface area (Å²) in [5.41, 5.74) is 1.90. The van der Waals surface area contributed by atoms with Crippen molar-refractivity contribution in [3.05, 3.63) is 46.9 Å². The van der Waals surface area contributed by atoms with Crippen molar-refractivity contribution < 1.29 is 13.9 Å². The Labute approximate surface area is 172 Å². The zero-order valence-corrected chi connectivity index (χ0v) is 17.3. The number of fused-ring (bicyclic) bond motifs is 1. The summed E-state index contributed by atoms with van der Waals surface area (Å²) < 4.78 is 18.4. The van der Waals surface area contributed by atoms with Crippen molar-refractivity contribution in [2.24, 2.45) is 0 Å². The van der Waals surface area contributed by atoms with Crippen LogP contribution in [0.3, 0.4) is 0 Å². The van der Waals surface area contributed by atoms with Crippen LogP contribution in [0.5, 0.6) is 0 Å². The van der Waals surface area contributed by atoms with Gasteiger partial charge < -0.3 is 14.5 Å². The molecule has 3 aromatic rings. The van der Waals surface area contributed by atoms with Gasteiger partial charge in [-0.3, -0.25) is 0 Å². The second kappa shape index (κ2) is 8.32. The highest BCUT2D eigenvalue weighted by Crippen LogP contribution is 2.35. The number of benzene rings is 1. The summed E-state index contributed by atoms with van der Waals surface area (Å²) in [7, 11) is 0. The van der Waals surface area contributed by atoms with E-state index in [2.05, 4.69) is 19.8 Å². The first-order valence-corrected chi connectivity index (χ1v) is 10.6. The third-order valence-electron chi connectivity index (χ3n) is 5.15. The third-order valence-corrected chi connectivity index (χ3v) is 6.33. The van der Waals surface area contributed by atoms with Gasteiger partial charge in [-0.25, -0.2) is 19.2 Å².